The minimum Gasteiger partial charge on any atom is -0.330 e. The van der Waals surface area contributed by atoms with Gasteiger partial charge in [0, 0.05) is 11.6 Å². The Morgan fingerprint density at radius 2 is 2.20 bits per heavy atom. The fraction of sp³-hybridized carbons (Fsp3) is 0.154. The second kappa shape index (κ2) is 4.24. The van der Waals surface area contributed by atoms with Gasteiger partial charge in [-0.1, -0.05) is 24.8 Å². The standard InChI is InChI=1S/C13H14N2/c1-10(6-7-14)12-5-4-11-3-2-8-15-13(11)9-12/h2-5,8-9H,1,6-7,14H2. The van der Waals surface area contributed by atoms with Crippen molar-refractivity contribution in [2.45, 2.75) is 6.42 Å². The van der Waals surface area contributed by atoms with Gasteiger partial charge in [0.15, 0.2) is 0 Å². The summed E-state index contributed by atoms with van der Waals surface area (Å²) in [5.74, 6) is 0. The molecule has 0 aliphatic carbocycles. The van der Waals surface area contributed by atoms with Crippen molar-refractivity contribution in [3.8, 4) is 0 Å². The van der Waals surface area contributed by atoms with E-state index in [-0.39, 0.29) is 0 Å². The fourth-order valence-electron chi connectivity index (χ4n) is 1.60. The average Bonchev–Trinajstić information content (AvgIpc) is 2.29. The van der Waals surface area contributed by atoms with Crippen LogP contribution in [0.1, 0.15) is 12.0 Å². The summed E-state index contributed by atoms with van der Waals surface area (Å²) in [6.45, 7) is 4.65. The molecule has 0 aliphatic rings. The Hall–Kier alpha value is -1.67. The van der Waals surface area contributed by atoms with Crippen LogP contribution in [0.5, 0.6) is 0 Å². The molecule has 0 spiro atoms. The molecule has 1 heterocycles. The first-order chi connectivity index (χ1) is 7.31. The Balaban J connectivity index is 2.42. The van der Waals surface area contributed by atoms with Crippen molar-refractivity contribution in [1.82, 2.24) is 4.98 Å². The molecule has 0 aliphatic heterocycles. The number of aromatic nitrogens is 1. The molecule has 15 heavy (non-hydrogen) atoms. The van der Waals surface area contributed by atoms with Gasteiger partial charge in [-0.2, -0.15) is 0 Å². The van der Waals surface area contributed by atoms with Crippen molar-refractivity contribution in [3.05, 3.63) is 48.7 Å². The number of benzene rings is 1. The molecule has 0 fully saturated rings. The zero-order valence-electron chi connectivity index (χ0n) is 8.61. The topological polar surface area (TPSA) is 38.9 Å². The third kappa shape index (κ3) is 2.05. The van der Waals surface area contributed by atoms with Gasteiger partial charge in [0.05, 0.1) is 5.52 Å². The molecule has 0 saturated heterocycles. The van der Waals surface area contributed by atoms with E-state index < -0.39 is 0 Å². The monoisotopic (exact) mass is 198 g/mol. The Kier molecular flexibility index (Phi) is 2.79. The number of hydrogen-bond acceptors (Lipinski definition) is 2. The summed E-state index contributed by atoms with van der Waals surface area (Å²) in [7, 11) is 0. The Bertz CT molecular complexity index is 489. The van der Waals surface area contributed by atoms with Crippen molar-refractivity contribution in [1.29, 1.82) is 0 Å². The SMILES string of the molecule is C=C(CCN)c1ccc2cccnc2c1. The van der Waals surface area contributed by atoms with Gasteiger partial charge in [-0.3, -0.25) is 4.98 Å². The maximum absolute atomic E-state index is 5.50. The lowest BCUT2D eigenvalue weighted by molar-refractivity contribution is 1.02. The van der Waals surface area contributed by atoms with Gasteiger partial charge in [-0.05, 0) is 36.2 Å². The van der Waals surface area contributed by atoms with Crippen LogP contribution >= 0.6 is 0 Å². The summed E-state index contributed by atoms with van der Waals surface area (Å²) < 4.78 is 0. The molecule has 0 bridgehead atoms. The minimum atomic E-state index is 0.638. The van der Waals surface area contributed by atoms with Gasteiger partial charge in [0.2, 0.25) is 0 Å². The van der Waals surface area contributed by atoms with Crippen molar-refractivity contribution in [2.75, 3.05) is 6.54 Å². The Morgan fingerprint density at radius 1 is 1.33 bits per heavy atom. The van der Waals surface area contributed by atoms with Crippen LogP contribution in [-0.2, 0) is 0 Å². The Morgan fingerprint density at radius 3 is 3.00 bits per heavy atom. The first kappa shape index (κ1) is 9.87. The van der Waals surface area contributed by atoms with E-state index in [4.69, 9.17) is 5.73 Å². The molecule has 2 rings (SSSR count). The molecule has 0 amide bonds. The van der Waals surface area contributed by atoms with Crippen molar-refractivity contribution in [3.63, 3.8) is 0 Å². The van der Waals surface area contributed by atoms with Gasteiger partial charge in [-0.15, -0.1) is 0 Å². The van der Waals surface area contributed by atoms with Crippen molar-refractivity contribution in [2.24, 2.45) is 5.73 Å². The third-order valence-electron chi connectivity index (χ3n) is 2.46. The molecular weight excluding hydrogens is 184 g/mol. The van der Waals surface area contributed by atoms with Gasteiger partial charge in [0.1, 0.15) is 0 Å². The summed E-state index contributed by atoms with van der Waals surface area (Å²) >= 11 is 0. The van der Waals surface area contributed by atoms with Crippen molar-refractivity contribution < 1.29 is 0 Å². The molecule has 2 nitrogen and oxygen atoms in total. The predicted octanol–water partition coefficient (Wildman–Crippen LogP) is 2.60. The van der Waals surface area contributed by atoms with Crippen LogP contribution in [0.3, 0.4) is 0 Å². The van der Waals surface area contributed by atoms with E-state index in [1.807, 2.05) is 6.07 Å². The number of fused-ring (bicyclic) bond motifs is 1. The lowest BCUT2D eigenvalue weighted by atomic mass is 10.0. The van der Waals surface area contributed by atoms with Crippen molar-refractivity contribution >= 4 is 16.5 Å². The van der Waals surface area contributed by atoms with Crippen LogP contribution in [0.4, 0.5) is 0 Å². The zero-order chi connectivity index (χ0) is 10.7. The normalized spacial score (nSPS) is 10.5. The molecule has 76 valence electrons. The first-order valence-electron chi connectivity index (χ1n) is 5.04. The van der Waals surface area contributed by atoms with E-state index in [1.165, 1.54) is 0 Å². The molecule has 0 saturated carbocycles. The first-order valence-corrected chi connectivity index (χ1v) is 5.04. The highest BCUT2D eigenvalue weighted by molar-refractivity contribution is 5.82. The zero-order valence-corrected chi connectivity index (χ0v) is 8.61. The number of nitrogens with zero attached hydrogens (tertiary/aromatic N) is 1. The van der Waals surface area contributed by atoms with Crippen LogP contribution in [0, 0.1) is 0 Å². The summed E-state index contributed by atoms with van der Waals surface area (Å²) in [6, 6.07) is 10.2. The lowest BCUT2D eigenvalue weighted by Crippen LogP contribution is -1.99. The van der Waals surface area contributed by atoms with E-state index >= 15 is 0 Å². The smallest absolute Gasteiger partial charge is 0.0708 e. The quantitative estimate of drug-likeness (QED) is 0.823. The third-order valence-corrected chi connectivity index (χ3v) is 2.46. The van der Waals surface area contributed by atoms with E-state index in [0.29, 0.717) is 6.54 Å². The minimum absolute atomic E-state index is 0.638. The summed E-state index contributed by atoms with van der Waals surface area (Å²) in [6.07, 6.45) is 2.64. The maximum atomic E-state index is 5.50. The van der Waals surface area contributed by atoms with E-state index in [1.54, 1.807) is 6.20 Å². The lowest BCUT2D eigenvalue weighted by Gasteiger charge is -2.05. The molecule has 2 aromatic rings. The van der Waals surface area contributed by atoms with Gasteiger partial charge in [-0.25, -0.2) is 0 Å². The summed E-state index contributed by atoms with van der Waals surface area (Å²) in [4.78, 5) is 4.31. The molecule has 0 radical (unpaired) electrons. The molecule has 1 aromatic heterocycles. The van der Waals surface area contributed by atoms with Crippen LogP contribution in [-0.4, -0.2) is 11.5 Å². The fourth-order valence-corrected chi connectivity index (χ4v) is 1.60. The molecule has 2 N–H and O–H groups in total. The number of rotatable bonds is 3. The van der Waals surface area contributed by atoms with Gasteiger partial charge in [0.25, 0.3) is 0 Å². The van der Waals surface area contributed by atoms with E-state index in [9.17, 15) is 0 Å². The number of pyridine rings is 1. The largest absolute Gasteiger partial charge is 0.330 e. The predicted molar refractivity (Wildman–Crippen MR) is 64.4 cm³/mol. The van der Waals surface area contributed by atoms with Crippen LogP contribution in [0.2, 0.25) is 0 Å². The van der Waals surface area contributed by atoms with E-state index in [2.05, 4.69) is 35.8 Å². The van der Waals surface area contributed by atoms with Crippen LogP contribution in [0.25, 0.3) is 16.5 Å². The van der Waals surface area contributed by atoms with Crippen LogP contribution < -0.4 is 5.73 Å². The van der Waals surface area contributed by atoms with Gasteiger partial charge < -0.3 is 5.73 Å². The molecular formula is C13H14N2. The number of hydrogen-bond donors (Lipinski definition) is 1. The Labute approximate surface area is 89.4 Å². The van der Waals surface area contributed by atoms with Crippen LogP contribution in [0.15, 0.2) is 43.1 Å². The molecule has 2 heteroatoms. The van der Waals surface area contributed by atoms with E-state index in [0.717, 1.165) is 28.5 Å². The second-order valence-corrected chi connectivity index (χ2v) is 3.55. The molecule has 1 aromatic carbocycles. The average molecular weight is 198 g/mol. The second-order valence-electron chi connectivity index (χ2n) is 3.55. The maximum Gasteiger partial charge on any atom is 0.0708 e. The highest BCUT2D eigenvalue weighted by atomic mass is 14.6. The molecule has 0 unspecified atom stereocenters. The summed E-state index contributed by atoms with van der Waals surface area (Å²) in [5.41, 5.74) is 8.72. The summed E-state index contributed by atoms with van der Waals surface area (Å²) in [5, 5.41) is 1.15. The highest BCUT2D eigenvalue weighted by Crippen LogP contribution is 2.20. The highest BCUT2D eigenvalue weighted by Gasteiger charge is 2.00. The number of nitrogens with two attached hydrogens (primary N) is 1. The molecule has 0 atom stereocenters. The van der Waals surface area contributed by atoms with Gasteiger partial charge >= 0.3 is 0 Å².